The third-order valence-corrected chi connectivity index (χ3v) is 17.3. The van der Waals surface area contributed by atoms with Crippen LogP contribution in [0.25, 0.3) is 31.9 Å². The first-order chi connectivity index (χ1) is 34.0. The van der Waals surface area contributed by atoms with Crippen molar-refractivity contribution >= 4 is 33.7 Å². The second-order valence-electron chi connectivity index (χ2n) is 21.6. The molecule has 2 atom stereocenters. The van der Waals surface area contributed by atoms with Gasteiger partial charge in [0.2, 0.25) is 0 Å². The van der Waals surface area contributed by atoms with E-state index in [2.05, 4.69) is 60.9 Å². The molecule has 7 heteroatoms. The Labute approximate surface area is 430 Å². The van der Waals surface area contributed by atoms with Crippen LogP contribution in [0.3, 0.4) is 0 Å². The van der Waals surface area contributed by atoms with E-state index in [-0.39, 0.29) is 11.1 Å². The van der Waals surface area contributed by atoms with Crippen molar-refractivity contribution < 1.29 is 13.4 Å². The van der Waals surface area contributed by atoms with E-state index < -0.39 is 11.6 Å². The zero-order chi connectivity index (χ0) is 49.0. The summed E-state index contributed by atoms with van der Waals surface area (Å²) in [6.07, 6.45) is 55.4. The second-order valence-corrected chi connectivity index (χ2v) is 23.4. The van der Waals surface area contributed by atoms with E-state index in [1.165, 1.54) is 291 Å². The molecule has 0 aliphatic rings. The fraction of sp³-hybridized carbons (Fsp3) is 0.774. The Morgan fingerprint density at radius 3 is 0.884 bits per heavy atom. The summed E-state index contributed by atoms with van der Waals surface area (Å²) in [6.45, 7) is 9.15. The Morgan fingerprint density at radius 2 is 0.623 bits per heavy atom. The topological polar surface area (TPSA) is 38.9 Å². The van der Waals surface area contributed by atoms with Crippen molar-refractivity contribution in [2.45, 2.75) is 297 Å². The van der Waals surface area contributed by atoms with E-state index in [0.29, 0.717) is 32.6 Å². The van der Waals surface area contributed by atoms with E-state index in [4.69, 9.17) is 4.63 Å². The molecule has 3 nitrogen and oxygen atoms in total. The predicted octanol–water partition coefficient (Wildman–Crippen LogP) is 23.0. The molecule has 0 saturated carbocycles. The van der Waals surface area contributed by atoms with Gasteiger partial charge >= 0.3 is 0 Å². The fourth-order valence-electron chi connectivity index (χ4n) is 11.0. The Balaban J connectivity index is 1.39. The number of thiophene rings is 2. The molecule has 0 saturated heterocycles. The lowest BCUT2D eigenvalue weighted by Crippen LogP contribution is -2.05. The number of fused-ring (bicyclic) bond motifs is 1. The van der Waals surface area contributed by atoms with Gasteiger partial charge in [-0.25, -0.2) is 13.4 Å². The van der Waals surface area contributed by atoms with E-state index in [1.807, 2.05) is 0 Å². The van der Waals surface area contributed by atoms with Crippen molar-refractivity contribution in [3.8, 4) is 20.9 Å². The molecule has 0 radical (unpaired) electrons. The SMILES string of the molecule is CCCCCCCCCCCCC(CCCCCCCCCC)Cc1csc(-c2c(F)c(F)c(-c3cc(CC(CCCCCCCCCC)CCCCCCCCCCCC)cs3)c3nonc23)c1. The lowest BCUT2D eigenvalue weighted by molar-refractivity contribution is 0.315. The third kappa shape index (κ3) is 24.0. The van der Waals surface area contributed by atoms with Crippen LogP contribution in [0.5, 0.6) is 0 Å². The molecule has 0 aliphatic carbocycles. The molecule has 0 fully saturated rings. The zero-order valence-electron chi connectivity index (χ0n) is 45.0. The highest BCUT2D eigenvalue weighted by molar-refractivity contribution is 7.14. The smallest absolute Gasteiger partial charge is 0.170 e. The van der Waals surface area contributed by atoms with E-state index in [9.17, 15) is 0 Å². The lowest BCUT2D eigenvalue weighted by Gasteiger charge is -2.16. The van der Waals surface area contributed by atoms with Crippen LogP contribution in [-0.4, -0.2) is 10.3 Å². The van der Waals surface area contributed by atoms with Gasteiger partial charge in [0, 0.05) is 9.75 Å². The monoisotopic (exact) mass is 993 g/mol. The van der Waals surface area contributed by atoms with Crippen LogP contribution in [0.15, 0.2) is 27.5 Å². The maximum atomic E-state index is 16.6. The average Bonchev–Trinajstić information content (AvgIpc) is 4.14. The predicted molar refractivity (Wildman–Crippen MR) is 300 cm³/mol. The van der Waals surface area contributed by atoms with Crippen molar-refractivity contribution in [3.05, 3.63) is 45.7 Å². The highest BCUT2D eigenvalue weighted by atomic mass is 32.1. The third-order valence-electron chi connectivity index (χ3n) is 15.3. The summed E-state index contributed by atoms with van der Waals surface area (Å²) >= 11 is 3.00. The average molecular weight is 994 g/mol. The summed E-state index contributed by atoms with van der Waals surface area (Å²) < 4.78 is 38.5. The molecule has 4 aromatic rings. The summed E-state index contributed by atoms with van der Waals surface area (Å²) in [5.74, 6) is -0.457. The molecule has 4 rings (SSSR count). The molecular weight excluding hydrogens is 891 g/mol. The van der Waals surface area contributed by atoms with Gasteiger partial charge in [-0.3, -0.25) is 0 Å². The number of halogens is 2. The van der Waals surface area contributed by atoms with Crippen LogP contribution < -0.4 is 0 Å². The van der Waals surface area contributed by atoms with E-state index in [0.717, 1.165) is 12.8 Å². The molecule has 0 amide bonds. The Hall–Kier alpha value is -2.12. The molecule has 0 spiro atoms. The molecule has 3 aromatic heterocycles. The molecule has 1 aromatic carbocycles. The minimum atomic E-state index is -0.842. The summed E-state index contributed by atoms with van der Waals surface area (Å²) in [6, 6.07) is 4.19. The molecular formula is C62H102F2N2OS2. The normalized spacial score (nSPS) is 12.8. The van der Waals surface area contributed by atoms with Crippen molar-refractivity contribution in [3.63, 3.8) is 0 Å². The van der Waals surface area contributed by atoms with Gasteiger partial charge < -0.3 is 0 Å². The molecule has 0 N–H and O–H groups in total. The van der Waals surface area contributed by atoms with Gasteiger partial charge in [-0.1, -0.05) is 285 Å². The Kier molecular flexibility index (Phi) is 33.2. The standard InChI is InChI=1S/C62H102F2N2OS2/c1-5-9-13-17-21-25-27-31-35-39-43-51(41-37-33-29-23-19-15-11-7-3)45-53-47-55(68-49-53)57-59(63)60(64)58(62-61(57)65-67-66-62)56-48-54(50-69-56)46-52(42-38-34-30-24-20-16-12-8-4)44-40-36-32-28-26-22-18-14-10-6-2/h47-52H,5-46H2,1-4H3. The lowest BCUT2D eigenvalue weighted by atomic mass is 9.89. The van der Waals surface area contributed by atoms with Gasteiger partial charge in [0.15, 0.2) is 11.6 Å². The van der Waals surface area contributed by atoms with Crippen molar-refractivity contribution in [2.75, 3.05) is 0 Å². The zero-order valence-corrected chi connectivity index (χ0v) is 46.7. The number of hydrogen-bond acceptors (Lipinski definition) is 5. The first-order valence-electron chi connectivity index (χ1n) is 29.8. The molecule has 0 aliphatic heterocycles. The number of hydrogen-bond donors (Lipinski definition) is 0. The molecule has 2 unspecified atom stereocenters. The van der Waals surface area contributed by atoms with Crippen molar-refractivity contribution in [2.24, 2.45) is 11.8 Å². The molecule has 0 bridgehead atoms. The van der Waals surface area contributed by atoms with Gasteiger partial charge in [-0.15, -0.1) is 22.7 Å². The van der Waals surface area contributed by atoms with Gasteiger partial charge in [0.05, 0.1) is 11.1 Å². The second kappa shape index (κ2) is 38.5. The number of benzene rings is 1. The number of aromatic nitrogens is 2. The Morgan fingerprint density at radius 1 is 0.377 bits per heavy atom. The summed E-state index contributed by atoms with van der Waals surface area (Å²) in [7, 11) is 0. The van der Waals surface area contributed by atoms with Crippen LogP contribution in [0.1, 0.15) is 296 Å². The largest absolute Gasteiger partial charge is 0.243 e. The maximum Gasteiger partial charge on any atom is 0.170 e. The van der Waals surface area contributed by atoms with Crippen LogP contribution >= 0.6 is 22.7 Å². The van der Waals surface area contributed by atoms with Gasteiger partial charge in [0.25, 0.3) is 0 Å². The summed E-state index contributed by atoms with van der Waals surface area (Å²) in [4.78, 5) is 1.42. The van der Waals surface area contributed by atoms with Crippen LogP contribution in [-0.2, 0) is 12.8 Å². The fourth-order valence-corrected chi connectivity index (χ4v) is 12.9. The summed E-state index contributed by atoms with van der Waals surface area (Å²) in [5.41, 5.74) is 3.47. The van der Waals surface area contributed by atoms with Gasteiger partial charge in [0.1, 0.15) is 11.0 Å². The number of unbranched alkanes of at least 4 members (excludes halogenated alkanes) is 32. The first kappa shape index (κ1) is 59.4. The first-order valence-corrected chi connectivity index (χ1v) is 31.5. The molecule has 69 heavy (non-hydrogen) atoms. The number of nitrogens with zero attached hydrogens (tertiary/aromatic N) is 2. The van der Waals surface area contributed by atoms with Crippen molar-refractivity contribution in [1.29, 1.82) is 0 Å². The van der Waals surface area contributed by atoms with Gasteiger partial charge in [-0.05, 0) is 69.0 Å². The highest BCUT2D eigenvalue weighted by Gasteiger charge is 2.28. The Bertz CT molecular complexity index is 1700. The minimum absolute atomic E-state index is 0.191. The van der Waals surface area contributed by atoms with Crippen LogP contribution in [0.4, 0.5) is 8.78 Å². The van der Waals surface area contributed by atoms with Crippen LogP contribution in [0.2, 0.25) is 0 Å². The maximum absolute atomic E-state index is 16.6. The summed E-state index contributed by atoms with van der Waals surface area (Å²) in [5, 5.41) is 12.8. The minimum Gasteiger partial charge on any atom is -0.243 e. The van der Waals surface area contributed by atoms with Gasteiger partial charge in [-0.2, -0.15) is 0 Å². The van der Waals surface area contributed by atoms with E-state index >= 15 is 8.78 Å². The van der Waals surface area contributed by atoms with Crippen molar-refractivity contribution in [1.82, 2.24) is 10.3 Å². The molecule has 3 heterocycles. The van der Waals surface area contributed by atoms with Crippen LogP contribution in [0, 0.1) is 23.5 Å². The number of rotatable bonds is 46. The molecule has 392 valence electrons. The quantitative estimate of drug-likeness (QED) is 0.0414. The highest BCUT2D eigenvalue weighted by Crippen LogP contribution is 2.43. The van der Waals surface area contributed by atoms with E-state index in [1.54, 1.807) is 0 Å².